The summed E-state index contributed by atoms with van der Waals surface area (Å²) in [4.78, 5) is 16.4. The first-order valence-corrected chi connectivity index (χ1v) is 12.8. The second-order valence-electron chi connectivity index (χ2n) is 9.10. The van der Waals surface area contributed by atoms with Gasteiger partial charge in [0.25, 0.3) is 10.0 Å². The number of benzene rings is 1. The first kappa shape index (κ1) is 21.8. The van der Waals surface area contributed by atoms with E-state index in [9.17, 15) is 13.2 Å². The SMILES string of the molecule is CC[C@@H]1C[C@H](NC(C)=O)C[C@@H]1c1nnc2n1C1C=CN(S(=O)(=O)c3ccc(C)cc3)C1N=C2. The Balaban J connectivity index is 1.46. The molecule has 9 nitrogen and oxygen atoms in total. The van der Waals surface area contributed by atoms with E-state index >= 15 is 0 Å². The summed E-state index contributed by atoms with van der Waals surface area (Å²) in [6.45, 7) is 5.61. The molecule has 33 heavy (non-hydrogen) atoms. The smallest absolute Gasteiger partial charge is 0.265 e. The lowest BCUT2D eigenvalue weighted by Gasteiger charge is -2.31. The Hall–Kier alpha value is -3.01. The zero-order valence-corrected chi connectivity index (χ0v) is 19.7. The van der Waals surface area contributed by atoms with Crippen molar-refractivity contribution in [2.45, 2.75) is 69.1 Å². The van der Waals surface area contributed by atoms with Gasteiger partial charge in [0.2, 0.25) is 5.91 Å². The van der Waals surface area contributed by atoms with Gasteiger partial charge in [-0.15, -0.1) is 10.2 Å². The van der Waals surface area contributed by atoms with Crippen LogP contribution in [0.15, 0.2) is 46.4 Å². The highest BCUT2D eigenvalue weighted by Gasteiger charge is 2.44. The van der Waals surface area contributed by atoms with E-state index in [2.05, 4.69) is 27.4 Å². The van der Waals surface area contributed by atoms with Crippen LogP contribution in [-0.4, -0.2) is 51.8 Å². The van der Waals surface area contributed by atoms with E-state index in [0.29, 0.717) is 11.7 Å². The third-order valence-corrected chi connectivity index (χ3v) is 8.70. The highest BCUT2D eigenvalue weighted by Crippen LogP contribution is 2.44. The summed E-state index contributed by atoms with van der Waals surface area (Å²) in [5.74, 6) is 1.94. The quantitative estimate of drug-likeness (QED) is 0.725. The molecule has 5 atom stereocenters. The minimum Gasteiger partial charge on any atom is -0.354 e. The van der Waals surface area contributed by atoms with Gasteiger partial charge in [0, 0.05) is 25.1 Å². The number of carbonyl (C=O) groups is 1. The van der Waals surface area contributed by atoms with Gasteiger partial charge in [0.15, 0.2) is 12.0 Å². The number of sulfonamides is 1. The Morgan fingerprint density at radius 2 is 1.94 bits per heavy atom. The van der Waals surface area contributed by atoms with Gasteiger partial charge in [-0.3, -0.25) is 14.4 Å². The first-order chi connectivity index (χ1) is 15.8. The van der Waals surface area contributed by atoms with Crippen LogP contribution in [0.1, 0.15) is 62.3 Å². The van der Waals surface area contributed by atoms with Gasteiger partial charge in [0.1, 0.15) is 5.82 Å². The van der Waals surface area contributed by atoms with E-state index < -0.39 is 16.2 Å². The maximum absolute atomic E-state index is 13.4. The molecule has 2 unspecified atom stereocenters. The van der Waals surface area contributed by atoms with Crippen molar-refractivity contribution in [2.75, 3.05) is 0 Å². The first-order valence-electron chi connectivity index (χ1n) is 11.3. The molecule has 1 aromatic heterocycles. The van der Waals surface area contributed by atoms with E-state index in [1.54, 1.807) is 43.6 Å². The minimum absolute atomic E-state index is 0.0262. The fourth-order valence-electron chi connectivity index (χ4n) is 5.34. The molecule has 1 aromatic carbocycles. The van der Waals surface area contributed by atoms with Crippen LogP contribution in [0.25, 0.3) is 0 Å². The molecule has 0 saturated heterocycles. The van der Waals surface area contributed by atoms with E-state index in [4.69, 9.17) is 0 Å². The van der Waals surface area contributed by atoms with Crippen LogP contribution in [0.5, 0.6) is 0 Å². The average molecular weight is 469 g/mol. The molecule has 3 heterocycles. The molecule has 174 valence electrons. The summed E-state index contributed by atoms with van der Waals surface area (Å²) in [5.41, 5.74) is 0.998. The van der Waals surface area contributed by atoms with Crippen molar-refractivity contribution in [2.24, 2.45) is 10.9 Å². The molecule has 1 aliphatic carbocycles. The van der Waals surface area contributed by atoms with E-state index in [0.717, 1.165) is 30.7 Å². The van der Waals surface area contributed by atoms with Crippen molar-refractivity contribution in [3.63, 3.8) is 0 Å². The molecule has 1 N–H and O–H groups in total. The van der Waals surface area contributed by atoms with Crippen molar-refractivity contribution in [1.82, 2.24) is 24.4 Å². The molecule has 10 heteroatoms. The van der Waals surface area contributed by atoms with E-state index in [1.807, 2.05) is 17.6 Å². The predicted octanol–water partition coefficient (Wildman–Crippen LogP) is 2.51. The fraction of sp³-hybridized carbons (Fsp3) is 0.478. The van der Waals surface area contributed by atoms with E-state index in [-0.39, 0.29) is 28.8 Å². The Morgan fingerprint density at radius 1 is 1.18 bits per heavy atom. The molecule has 0 bridgehead atoms. The van der Waals surface area contributed by atoms with Crippen molar-refractivity contribution < 1.29 is 13.2 Å². The molecule has 2 aliphatic heterocycles. The topological polar surface area (TPSA) is 110 Å². The number of amides is 1. The second-order valence-corrected chi connectivity index (χ2v) is 10.9. The van der Waals surface area contributed by atoms with Gasteiger partial charge in [-0.2, -0.15) is 0 Å². The highest BCUT2D eigenvalue weighted by atomic mass is 32.2. The third kappa shape index (κ3) is 3.66. The number of aryl methyl sites for hydroxylation is 1. The number of carbonyl (C=O) groups excluding carboxylic acids is 1. The molecule has 1 saturated carbocycles. The standard InChI is InChI=1S/C23H28N6O3S/c1-4-16-11-17(25-15(3)30)12-19(16)22-27-26-21-13-24-23-20(29(21)22)9-10-28(23)33(31,32)18-7-5-14(2)6-8-18/h5-10,13,16-17,19-20,23H,4,11-12H2,1-3H3,(H,25,30)/t16-,17+,19+,20?,23?/m1/s1. The lowest BCUT2D eigenvalue weighted by molar-refractivity contribution is -0.119. The number of rotatable bonds is 5. The van der Waals surface area contributed by atoms with Gasteiger partial charge >= 0.3 is 0 Å². The van der Waals surface area contributed by atoms with Crippen LogP contribution >= 0.6 is 0 Å². The minimum atomic E-state index is -3.75. The molecule has 0 radical (unpaired) electrons. The zero-order valence-electron chi connectivity index (χ0n) is 18.9. The monoisotopic (exact) mass is 468 g/mol. The van der Waals surface area contributed by atoms with E-state index in [1.165, 1.54) is 4.31 Å². The van der Waals surface area contributed by atoms with Crippen LogP contribution < -0.4 is 5.32 Å². The summed E-state index contributed by atoms with van der Waals surface area (Å²) < 4.78 is 30.1. The van der Waals surface area contributed by atoms with Crippen molar-refractivity contribution in [3.05, 3.63) is 53.8 Å². The third-order valence-electron chi connectivity index (χ3n) is 6.94. The predicted molar refractivity (Wildman–Crippen MR) is 123 cm³/mol. The van der Waals surface area contributed by atoms with Crippen LogP contribution in [0.2, 0.25) is 0 Å². The van der Waals surface area contributed by atoms with Gasteiger partial charge in [-0.05, 0) is 43.9 Å². The molecule has 1 fully saturated rings. The molecule has 1 amide bonds. The number of nitrogens with one attached hydrogen (secondary N) is 1. The fourth-order valence-corrected chi connectivity index (χ4v) is 6.76. The summed E-state index contributed by atoms with van der Waals surface area (Å²) >= 11 is 0. The van der Waals surface area contributed by atoms with Gasteiger partial charge in [-0.25, -0.2) is 12.7 Å². The normalized spacial score (nSPS) is 28.1. The van der Waals surface area contributed by atoms with Crippen molar-refractivity contribution >= 4 is 22.1 Å². The number of nitrogens with zero attached hydrogens (tertiary/aromatic N) is 5. The van der Waals surface area contributed by atoms with Crippen molar-refractivity contribution in [3.8, 4) is 0 Å². The summed E-state index contributed by atoms with van der Waals surface area (Å²) in [6.07, 6.45) is 7.12. The Kier molecular flexibility index (Phi) is 5.35. The lowest BCUT2D eigenvalue weighted by Crippen LogP contribution is -2.39. The summed E-state index contributed by atoms with van der Waals surface area (Å²) in [7, 11) is -3.75. The summed E-state index contributed by atoms with van der Waals surface area (Å²) in [6, 6.07) is 6.63. The molecule has 3 aliphatic rings. The molecule has 2 aromatic rings. The number of hydrogen-bond donors (Lipinski definition) is 1. The average Bonchev–Trinajstić information content (AvgIpc) is 3.49. The Bertz CT molecular complexity index is 1230. The Labute approximate surface area is 193 Å². The number of hydrogen-bond acceptors (Lipinski definition) is 6. The maximum atomic E-state index is 13.4. The second kappa shape index (κ2) is 8.09. The molecule has 0 spiro atoms. The van der Waals surface area contributed by atoms with Gasteiger partial charge in [-0.1, -0.05) is 31.0 Å². The summed E-state index contributed by atoms with van der Waals surface area (Å²) in [5, 5.41) is 11.9. The lowest BCUT2D eigenvalue weighted by atomic mass is 9.92. The molecular weight excluding hydrogens is 440 g/mol. The van der Waals surface area contributed by atoms with Crippen LogP contribution in [0.4, 0.5) is 0 Å². The molecule has 5 rings (SSSR count). The number of fused-ring (bicyclic) bond motifs is 3. The largest absolute Gasteiger partial charge is 0.354 e. The maximum Gasteiger partial charge on any atom is 0.265 e. The Morgan fingerprint density at radius 3 is 2.64 bits per heavy atom. The number of aromatic nitrogens is 3. The highest BCUT2D eigenvalue weighted by molar-refractivity contribution is 7.89. The van der Waals surface area contributed by atoms with Crippen LogP contribution in [-0.2, 0) is 14.8 Å². The van der Waals surface area contributed by atoms with Gasteiger partial charge in [0.05, 0.1) is 17.2 Å². The number of aliphatic imine (C=N–C) groups is 1. The van der Waals surface area contributed by atoms with Crippen LogP contribution in [0.3, 0.4) is 0 Å². The van der Waals surface area contributed by atoms with Gasteiger partial charge < -0.3 is 5.32 Å². The van der Waals surface area contributed by atoms with Crippen LogP contribution in [0, 0.1) is 12.8 Å². The molecular formula is C23H28N6O3S. The van der Waals surface area contributed by atoms with Crippen molar-refractivity contribution in [1.29, 1.82) is 0 Å². The zero-order chi connectivity index (χ0) is 23.3.